The fourth-order valence-electron chi connectivity index (χ4n) is 4.85. The molecule has 7 nitrogen and oxygen atoms in total. The first-order chi connectivity index (χ1) is 14.6. The predicted molar refractivity (Wildman–Crippen MR) is 109 cm³/mol. The van der Waals surface area contributed by atoms with Crippen LogP contribution in [-0.2, 0) is 14.3 Å². The van der Waals surface area contributed by atoms with Crippen LogP contribution < -0.4 is 5.32 Å². The first-order valence-corrected chi connectivity index (χ1v) is 10.3. The molecule has 5 rings (SSSR count). The zero-order chi connectivity index (χ0) is 20.8. The molecular formula is C23H23N3O4. The van der Waals surface area contributed by atoms with Gasteiger partial charge in [0.25, 0.3) is 0 Å². The molecule has 0 aromatic heterocycles. The maximum atomic E-state index is 13.0. The molecule has 2 aromatic carbocycles. The van der Waals surface area contributed by atoms with Crippen LogP contribution in [0.1, 0.15) is 30.4 Å². The van der Waals surface area contributed by atoms with E-state index in [4.69, 9.17) is 4.74 Å². The van der Waals surface area contributed by atoms with Crippen molar-refractivity contribution in [1.29, 1.82) is 0 Å². The van der Waals surface area contributed by atoms with Crippen molar-refractivity contribution in [3.63, 3.8) is 0 Å². The van der Waals surface area contributed by atoms with Crippen molar-refractivity contribution >= 4 is 17.9 Å². The van der Waals surface area contributed by atoms with Gasteiger partial charge in [0, 0.05) is 18.9 Å². The molecule has 2 heterocycles. The fraction of sp³-hybridized carbons (Fsp3) is 0.348. The van der Waals surface area contributed by atoms with Gasteiger partial charge >= 0.3 is 6.09 Å². The van der Waals surface area contributed by atoms with E-state index in [0.29, 0.717) is 6.54 Å². The zero-order valence-corrected chi connectivity index (χ0v) is 16.7. The number of amides is 3. The molecule has 2 aliphatic heterocycles. The van der Waals surface area contributed by atoms with Crippen LogP contribution in [0.4, 0.5) is 4.79 Å². The Labute approximate surface area is 174 Å². The Hall–Kier alpha value is -3.35. The summed E-state index contributed by atoms with van der Waals surface area (Å²) in [7, 11) is 0. The van der Waals surface area contributed by atoms with Crippen LogP contribution in [0.3, 0.4) is 0 Å². The number of nitrogens with one attached hydrogen (secondary N) is 1. The summed E-state index contributed by atoms with van der Waals surface area (Å²) in [5, 5.41) is 2.78. The highest BCUT2D eigenvalue weighted by atomic mass is 16.6. The summed E-state index contributed by atoms with van der Waals surface area (Å²) in [4.78, 5) is 40.4. The molecule has 1 aliphatic carbocycles. The van der Waals surface area contributed by atoms with Crippen LogP contribution >= 0.6 is 0 Å². The molecule has 7 heteroatoms. The van der Waals surface area contributed by atoms with Gasteiger partial charge in [-0.25, -0.2) is 4.79 Å². The third kappa shape index (κ3) is 2.84. The molecule has 2 atom stereocenters. The van der Waals surface area contributed by atoms with E-state index in [1.54, 1.807) is 11.8 Å². The topological polar surface area (TPSA) is 79.0 Å². The maximum Gasteiger partial charge on any atom is 0.411 e. The lowest BCUT2D eigenvalue weighted by Crippen LogP contribution is -2.70. The first-order valence-electron chi connectivity index (χ1n) is 10.3. The average molecular weight is 405 g/mol. The van der Waals surface area contributed by atoms with E-state index in [1.807, 2.05) is 24.3 Å². The normalized spacial score (nSPS) is 22.8. The lowest BCUT2D eigenvalue weighted by atomic mass is 9.98. The van der Waals surface area contributed by atoms with Gasteiger partial charge < -0.3 is 15.0 Å². The molecule has 2 fully saturated rings. The van der Waals surface area contributed by atoms with E-state index in [-0.39, 0.29) is 37.3 Å². The maximum absolute atomic E-state index is 13.0. The predicted octanol–water partition coefficient (Wildman–Crippen LogP) is 2.31. The minimum absolute atomic E-state index is 0.0196. The third-order valence-electron chi connectivity index (χ3n) is 6.36. The Morgan fingerprint density at radius 2 is 1.70 bits per heavy atom. The van der Waals surface area contributed by atoms with Crippen LogP contribution in [0, 0.1) is 0 Å². The minimum atomic E-state index is -0.597. The second-order valence-electron chi connectivity index (χ2n) is 7.95. The lowest BCUT2D eigenvalue weighted by molar-refractivity contribution is -0.156. The highest BCUT2D eigenvalue weighted by Crippen LogP contribution is 2.44. The van der Waals surface area contributed by atoms with Gasteiger partial charge in [-0.2, -0.15) is 0 Å². The van der Waals surface area contributed by atoms with Crippen molar-refractivity contribution in [2.45, 2.75) is 31.5 Å². The van der Waals surface area contributed by atoms with E-state index in [0.717, 1.165) is 11.1 Å². The van der Waals surface area contributed by atoms with Crippen molar-refractivity contribution in [3.8, 4) is 11.1 Å². The molecule has 30 heavy (non-hydrogen) atoms. The van der Waals surface area contributed by atoms with Gasteiger partial charge in [-0.1, -0.05) is 48.5 Å². The summed E-state index contributed by atoms with van der Waals surface area (Å²) in [6, 6.07) is 15.8. The molecule has 2 unspecified atom stereocenters. The molecule has 0 spiro atoms. The number of hydrogen-bond donors (Lipinski definition) is 1. The number of ether oxygens (including phenoxy) is 1. The Kier molecular flexibility index (Phi) is 4.46. The number of piperazine rings is 1. The second kappa shape index (κ2) is 7.16. The Morgan fingerprint density at radius 1 is 1.07 bits per heavy atom. The number of carbonyl (C=O) groups excluding carboxylic acids is 3. The highest BCUT2D eigenvalue weighted by Gasteiger charge is 2.44. The monoisotopic (exact) mass is 405 g/mol. The van der Waals surface area contributed by atoms with Gasteiger partial charge in [0.05, 0.1) is 6.54 Å². The number of fused-ring (bicyclic) bond motifs is 4. The minimum Gasteiger partial charge on any atom is -0.448 e. The van der Waals surface area contributed by atoms with E-state index in [9.17, 15) is 14.4 Å². The van der Waals surface area contributed by atoms with E-state index < -0.39 is 18.3 Å². The van der Waals surface area contributed by atoms with Crippen molar-refractivity contribution in [3.05, 3.63) is 59.7 Å². The molecule has 1 N–H and O–H groups in total. The van der Waals surface area contributed by atoms with Crippen LogP contribution in [0.5, 0.6) is 0 Å². The van der Waals surface area contributed by atoms with Gasteiger partial charge in [-0.05, 0) is 29.2 Å². The molecule has 3 aliphatic rings. The van der Waals surface area contributed by atoms with Crippen molar-refractivity contribution < 1.29 is 19.1 Å². The van der Waals surface area contributed by atoms with Gasteiger partial charge in [0.2, 0.25) is 11.8 Å². The number of carbonyl (C=O) groups is 3. The van der Waals surface area contributed by atoms with E-state index in [1.165, 1.54) is 16.0 Å². The molecule has 0 bridgehead atoms. The van der Waals surface area contributed by atoms with Crippen LogP contribution in [0.15, 0.2) is 48.5 Å². The summed E-state index contributed by atoms with van der Waals surface area (Å²) in [5.41, 5.74) is 4.65. The summed E-state index contributed by atoms with van der Waals surface area (Å²) >= 11 is 0. The first kappa shape index (κ1) is 18.7. The van der Waals surface area contributed by atoms with Crippen molar-refractivity contribution in [2.24, 2.45) is 0 Å². The Bertz CT molecular complexity index is 991. The molecule has 2 aromatic rings. The van der Waals surface area contributed by atoms with Crippen LogP contribution in [0.25, 0.3) is 11.1 Å². The molecule has 3 amide bonds. The second-order valence-corrected chi connectivity index (χ2v) is 7.95. The largest absolute Gasteiger partial charge is 0.448 e. The van der Waals surface area contributed by atoms with E-state index in [2.05, 4.69) is 29.6 Å². The number of benzene rings is 2. The molecular weight excluding hydrogens is 382 g/mol. The fourth-order valence-corrected chi connectivity index (χ4v) is 4.85. The standard InChI is InChI=1S/C23H23N3O4/c1-14-22(28)24-12-20-25(11-10-21(27)26(14)20)23(29)30-13-19-17-8-4-2-6-15(17)16-7-3-5-9-18(16)19/h2-9,14,19-20H,10-13H2,1H3,(H,24,28). The van der Waals surface area contributed by atoms with Crippen LogP contribution in [-0.4, -0.2) is 59.6 Å². The average Bonchev–Trinajstić information content (AvgIpc) is 3.08. The van der Waals surface area contributed by atoms with Crippen molar-refractivity contribution in [2.75, 3.05) is 19.7 Å². The highest BCUT2D eigenvalue weighted by molar-refractivity contribution is 5.90. The molecule has 2 saturated heterocycles. The summed E-state index contributed by atoms with van der Waals surface area (Å²) in [5.74, 6) is -0.326. The quantitative estimate of drug-likeness (QED) is 0.832. The lowest BCUT2D eigenvalue weighted by Gasteiger charge is -2.47. The number of hydrogen-bond acceptors (Lipinski definition) is 4. The summed E-state index contributed by atoms with van der Waals surface area (Å²) in [6.45, 7) is 2.42. The van der Waals surface area contributed by atoms with Crippen LogP contribution in [0.2, 0.25) is 0 Å². The SMILES string of the molecule is CC1C(=O)NCC2N(C(=O)OCC3c4ccccc4-c4ccccc43)CCC(=O)N12. The molecule has 154 valence electrons. The van der Waals surface area contributed by atoms with Gasteiger partial charge in [0.1, 0.15) is 18.8 Å². The van der Waals surface area contributed by atoms with Gasteiger partial charge in [0.15, 0.2) is 0 Å². The Morgan fingerprint density at radius 3 is 2.37 bits per heavy atom. The summed E-state index contributed by atoms with van der Waals surface area (Å²) < 4.78 is 5.76. The van der Waals surface area contributed by atoms with E-state index >= 15 is 0 Å². The molecule has 0 saturated carbocycles. The third-order valence-corrected chi connectivity index (χ3v) is 6.36. The van der Waals surface area contributed by atoms with Crippen molar-refractivity contribution in [1.82, 2.24) is 15.1 Å². The molecule has 0 radical (unpaired) electrons. The smallest absolute Gasteiger partial charge is 0.411 e. The number of nitrogens with zero attached hydrogens (tertiary/aromatic N) is 2. The summed E-state index contributed by atoms with van der Waals surface area (Å²) in [6.07, 6.45) is -0.768. The number of rotatable bonds is 2. The van der Waals surface area contributed by atoms with Gasteiger partial charge in [-0.3, -0.25) is 14.5 Å². The Balaban J connectivity index is 1.34. The zero-order valence-electron chi connectivity index (χ0n) is 16.7. The van der Waals surface area contributed by atoms with Gasteiger partial charge in [-0.15, -0.1) is 0 Å².